The average molecular weight is 398 g/mol. The van der Waals surface area contributed by atoms with E-state index < -0.39 is 46.8 Å². The molecule has 0 radical (unpaired) electrons. The molecule has 0 saturated heterocycles. The van der Waals surface area contributed by atoms with Crippen LogP contribution in [0, 0.1) is 11.6 Å². The monoisotopic (exact) mass is 398 g/mol. The molecule has 0 aliphatic carbocycles. The van der Waals surface area contributed by atoms with Crippen LogP contribution in [-0.2, 0) is 0 Å². The summed E-state index contributed by atoms with van der Waals surface area (Å²) >= 11 is 0. The highest BCUT2D eigenvalue weighted by Crippen LogP contribution is 2.43. The van der Waals surface area contributed by atoms with Crippen molar-refractivity contribution in [2.24, 2.45) is 0 Å². The lowest BCUT2D eigenvalue weighted by molar-refractivity contribution is -0.294. The minimum absolute atomic E-state index is 0.107. The number of rotatable bonds is 4. The zero-order valence-electron chi connectivity index (χ0n) is 13.1. The Morgan fingerprint density at radius 3 is 1.81 bits per heavy atom. The number of carbonyl (C=O) groups is 1. The predicted molar refractivity (Wildman–Crippen MR) is 78.7 cm³/mol. The molecule has 11 heteroatoms. The molecule has 0 saturated carbocycles. The van der Waals surface area contributed by atoms with Crippen molar-refractivity contribution in [1.29, 1.82) is 0 Å². The van der Waals surface area contributed by atoms with E-state index in [1.54, 1.807) is 0 Å². The second-order valence-electron chi connectivity index (χ2n) is 5.32. The Bertz CT molecular complexity index is 803. The maximum Gasteiger partial charge on any atom is 0.439 e. The van der Waals surface area contributed by atoms with Crippen LogP contribution in [0.2, 0.25) is 0 Å². The lowest BCUT2D eigenvalue weighted by atomic mass is 10.1. The van der Waals surface area contributed by atoms with E-state index >= 15 is 0 Å². The van der Waals surface area contributed by atoms with E-state index in [1.165, 1.54) is 18.2 Å². The van der Waals surface area contributed by atoms with E-state index in [1.807, 2.05) is 0 Å². The van der Waals surface area contributed by atoms with Crippen LogP contribution in [0.4, 0.5) is 40.8 Å². The minimum Gasteiger partial charge on any atom is -0.348 e. The molecule has 2 rings (SSSR count). The van der Waals surface area contributed by atoms with Gasteiger partial charge in [0.05, 0.1) is 0 Å². The molecule has 2 aromatic rings. The number of amides is 1. The second kappa shape index (κ2) is 7.05. The van der Waals surface area contributed by atoms with Crippen LogP contribution in [0.1, 0.15) is 10.4 Å². The van der Waals surface area contributed by atoms with Gasteiger partial charge in [-0.25, -0.2) is 8.78 Å². The van der Waals surface area contributed by atoms with Crippen molar-refractivity contribution in [3.05, 3.63) is 65.7 Å². The number of alkyl halides is 6. The number of hydrogen-bond donors (Lipinski definition) is 2. The fraction of sp³-hybridized carbons (Fsp3) is 0.188. The maximum absolute atomic E-state index is 13.4. The van der Waals surface area contributed by atoms with E-state index in [9.17, 15) is 39.9 Å². The van der Waals surface area contributed by atoms with Crippen molar-refractivity contribution in [1.82, 2.24) is 5.32 Å². The molecule has 0 atom stereocenters. The van der Waals surface area contributed by atoms with E-state index in [0.717, 1.165) is 22.8 Å². The van der Waals surface area contributed by atoms with Crippen LogP contribution in [0.5, 0.6) is 0 Å². The molecule has 0 aliphatic heterocycles. The summed E-state index contributed by atoms with van der Waals surface area (Å²) in [6, 6.07) is 6.80. The van der Waals surface area contributed by atoms with Gasteiger partial charge in [-0.3, -0.25) is 4.79 Å². The summed E-state index contributed by atoms with van der Waals surface area (Å²) in [5, 5.41) is 1.95. The second-order valence-corrected chi connectivity index (χ2v) is 5.32. The van der Waals surface area contributed by atoms with E-state index in [2.05, 4.69) is 0 Å². The van der Waals surface area contributed by atoms with Crippen molar-refractivity contribution >= 4 is 11.6 Å². The summed E-state index contributed by atoms with van der Waals surface area (Å²) in [6.07, 6.45) is -12.2. The first-order chi connectivity index (χ1) is 12.4. The lowest BCUT2D eigenvalue weighted by Gasteiger charge is -2.39. The van der Waals surface area contributed by atoms with Gasteiger partial charge in [-0.2, -0.15) is 26.3 Å². The standard InChI is InChI=1S/C16H10F8N2O/c17-11-7-6-10(8-12(11)18)25-14(15(19,20)21,16(22,23)24)26-13(27)9-4-2-1-3-5-9/h1-8,25H,(H,26,27). The third-order valence-electron chi connectivity index (χ3n) is 3.44. The first-order valence-electron chi connectivity index (χ1n) is 7.11. The van der Waals surface area contributed by atoms with Crippen molar-refractivity contribution in [3.63, 3.8) is 0 Å². The molecule has 3 nitrogen and oxygen atoms in total. The highest BCUT2D eigenvalue weighted by molar-refractivity contribution is 5.95. The number of halogens is 8. The Morgan fingerprint density at radius 2 is 1.33 bits per heavy atom. The summed E-state index contributed by atoms with van der Waals surface area (Å²) in [5.74, 6) is -4.83. The smallest absolute Gasteiger partial charge is 0.348 e. The third-order valence-corrected chi connectivity index (χ3v) is 3.44. The summed E-state index contributed by atoms with van der Waals surface area (Å²) < 4.78 is 107. The molecular formula is C16H10F8N2O. The molecule has 0 aromatic heterocycles. The van der Waals surface area contributed by atoms with Crippen LogP contribution >= 0.6 is 0 Å². The molecule has 146 valence electrons. The highest BCUT2D eigenvalue weighted by atomic mass is 19.4. The van der Waals surface area contributed by atoms with Gasteiger partial charge in [0.1, 0.15) is 0 Å². The molecule has 27 heavy (non-hydrogen) atoms. The van der Waals surface area contributed by atoms with Crippen LogP contribution < -0.4 is 10.6 Å². The van der Waals surface area contributed by atoms with Crippen LogP contribution in [0.15, 0.2) is 48.5 Å². The SMILES string of the molecule is O=C(NC(Nc1ccc(F)c(F)c1)(C(F)(F)F)C(F)(F)F)c1ccccc1. The minimum atomic E-state index is -6.08. The topological polar surface area (TPSA) is 41.1 Å². The Morgan fingerprint density at radius 1 is 0.778 bits per heavy atom. The van der Waals surface area contributed by atoms with E-state index in [4.69, 9.17) is 0 Å². The summed E-state index contributed by atoms with van der Waals surface area (Å²) in [7, 11) is 0. The molecule has 0 unspecified atom stereocenters. The van der Waals surface area contributed by atoms with Gasteiger partial charge in [-0.05, 0) is 24.3 Å². The molecule has 0 bridgehead atoms. The van der Waals surface area contributed by atoms with Crippen molar-refractivity contribution in [2.75, 3.05) is 5.32 Å². The van der Waals surface area contributed by atoms with Crippen molar-refractivity contribution < 1.29 is 39.9 Å². The number of hydrogen-bond acceptors (Lipinski definition) is 2. The Kier molecular flexibility index (Phi) is 5.34. The number of anilines is 1. The molecule has 0 heterocycles. The fourth-order valence-electron chi connectivity index (χ4n) is 2.10. The van der Waals surface area contributed by atoms with Gasteiger partial charge in [0.2, 0.25) is 0 Å². The number of carbonyl (C=O) groups excluding carboxylic acids is 1. The molecule has 2 aromatic carbocycles. The first kappa shape index (κ1) is 20.5. The van der Waals surface area contributed by atoms with Gasteiger partial charge in [-0.15, -0.1) is 0 Å². The zero-order valence-corrected chi connectivity index (χ0v) is 13.1. The van der Waals surface area contributed by atoms with E-state index in [0.29, 0.717) is 12.1 Å². The number of nitrogens with one attached hydrogen (secondary N) is 2. The van der Waals surface area contributed by atoms with Crippen molar-refractivity contribution in [2.45, 2.75) is 18.0 Å². The van der Waals surface area contributed by atoms with Crippen LogP contribution in [0.3, 0.4) is 0 Å². The quantitative estimate of drug-likeness (QED) is 0.583. The maximum atomic E-state index is 13.4. The molecule has 1 amide bonds. The highest BCUT2D eigenvalue weighted by Gasteiger charge is 2.72. The van der Waals surface area contributed by atoms with Gasteiger partial charge in [0.15, 0.2) is 11.6 Å². The van der Waals surface area contributed by atoms with E-state index in [-0.39, 0.29) is 6.07 Å². The van der Waals surface area contributed by atoms with Gasteiger partial charge in [0.25, 0.3) is 5.91 Å². The Labute approximate surface area is 147 Å². The fourth-order valence-corrected chi connectivity index (χ4v) is 2.10. The zero-order chi connectivity index (χ0) is 20.5. The van der Waals surface area contributed by atoms with Gasteiger partial charge in [0, 0.05) is 17.3 Å². The average Bonchev–Trinajstić information content (AvgIpc) is 2.56. The summed E-state index contributed by atoms with van der Waals surface area (Å²) in [4.78, 5) is 12.0. The first-order valence-corrected chi connectivity index (χ1v) is 7.11. The van der Waals surface area contributed by atoms with Gasteiger partial charge < -0.3 is 10.6 Å². The Hall–Kier alpha value is -2.85. The van der Waals surface area contributed by atoms with Crippen LogP contribution in [-0.4, -0.2) is 23.9 Å². The van der Waals surface area contributed by atoms with Gasteiger partial charge >= 0.3 is 18.0 Å². The number of benzene rings is 2. The molecule has 2 N–H and O–H groups in total. The Balaban J connectivity index is 2.53. The molecule has 0 aliphatic rings. The molecule has 0 spiro atoms. The third kappa shape index (κ3) is 4.12. The molecule has 0 fully saturated rings. The largest absolute Gasteiger partial charge is 0.439 e. The summed E-state index contributed by atoms with van der Waals surface area (Å²) in [6.45, 7) is 0. The van der Waals surface area contributed by atoms with Crippen molar-refractivity contribution in [3.8, 4) is 0 Å². The molecular weight excluding hydrogens is 388 g/mol. The normalized spacial score (nSPS) is 12.6. The lowest BCUT2D eigenvalue weighted by Crippen LogP contribution is -2.72. The van der Waals surface area contributed by atoms with Crippen LogP contribution in [0.25, 0.3) is 0 Å². The predicted octanol–water partition coefficient (Wildman–Crippen LogP) is 4.63. The van der Waals surface area contributed by atoms with Gasteiger partial charge in [-0.1, -0.05) is 18.2 Å². The summed E-state index contributed by atoms with van der Waals surface area (Å²) in [5.41, 5.74) is -6.46.